The first kappa shape index (κ1) is 15.0. The summed E-state index contributed by atoms with van der Waals surface area (Å²) in [7, 11) is 0. The van der Waals surface area contributed by atoms with E-state index in [9.17, 15) is 4.79 Å². The molecule has 2 aromatic heterocycles. The maximum atomic E-state index is 12.0. The van der Waals surface area contributed by atoms with E-state index in [4.69, 9.17) is 11.6 Å². The standard InChI is InChI=1S/C15H13ClN6O/c1-10-17-6-7-22(10)14-8-13(18-9-19-14)21-15(23)20-12-5-3-2-4-11(12)16/h2-9H,1H3,(H2,18,19,20,21,23). The van der Waals surface area contributed by atoms with Crippen molar-refractivity contribution < 1.29 is 4.79 Å². The molecule has 0 bridgehead atoms. The smallest absolute Gasteiger partial charge is 0.306 e. The minimum Gasteiger partial charge on any atom is -0.306 e. The Hall–Kier alpha value is -2.93. The van der Waals surface area contributed by atoms with Crippen molar-refractivity contribution in [2.45, 2.75) is 6.92 Å². The van der Waals surface area contributed by atoms with Crippen LogP contribution in [0.5, 0.6) is 0 Å². The molecule has 2 N–H and O–H groups in total. The SMILES string of the molecule is Cc1nccn1-c1cc(NC(=O)Nc2ccccc2Cl)ncn1. The predicted molar refractivity (Wildman–Crippen MR) is 88.0 cm³/mol. The van der Waals surface area contributed by atoms with Gasteiger partial charge in [-0.2, -0.15) is 0 Å². The van der Waals surface area contributed by atoms with Crippen LogP contribution in [0, 0.1) is 6.92 Å². The quantitative estimate of drug-likeness (QED) is 0.772. The van der Waals surface area contributed by atoms with Crippen molar-refractivity contribution in [1.82, 2.24) is 19.5 Å². The summed E-state index contributed by atoms with van der Waals surface area (Å²) in [6.07, 6.45) is 4.83. The highest BCUT2D eigenvalue weighted by molar-refractivity contribution is 6.33. The molecule has 0 saturated heterocycles. The summed E-state index contributed by atoms with van der Waals surface area (Å²) in [5, 5.41) is 5.77. The molecule has 7 nitrogen and oxygen atoms in total. The zero-order chi connectivity index (χ0) is 16.2. The fourth-order valence-electron chi connectivity index (χ4n) is 2.00. The number of aromatic nitrogens is 4. The molecular formula is C15H13ClN6O. The Morgan fingerprint density at radius 3 is 2.74 bits per heavy atom. The normalized spacial score (nSPS) is 10.3. The second kappa shape index (κ2) is 6.45. The van der Waals surface area contributed by atoms with Crippen LogP contribution in [0.3, 0.4) is 0 Å². The van der Waals surface area contributed by atoms with Crippen LogP contribution in [0.4, 0.5) is 16.3 Å². The number of imidazole rings is 1. The zero-order valence-corrected chi connectivity index (χ0v) is 12.9. The molecule has 23 heavy (non-hydrogen) atoms. The fourth-order valence-corrected chi connectivity index (χ4v) is 2.18. The summed E-state index contributed by atoms with van der Waals surface area (Å²) in [6, 6.07) is 8.19. The number of hydrogen-bond donors (Lipinski definition) is 2. The van der Waals surface area contributed by atoms with Crippen LogP contribution in [-0.2, 0) is 0 Å². The van der Waals surface area contributed by atoms with E-state index in [0.717, 1.165) is 5.82 Å². The molecule has 0 atom stereocenters. The molecule has 0 radical (unpaired) electrons. The van der Waals surface area contributed by atoms with Crippen molar-refractivity contribution >= 4 is 29.1 Å². The third-order valence-corrected chi connectivity index (χ3v) is 3.42. The number of anilines is 2. The van der Waals surface area contributed by atoms with Crippen molar-refractivity contribution in [3.05, 3.63) is 59.9 Å². The van der Waals surface area contributed by atoms with Crippen LogP contribution in [0.1, 0.15) is 5.82 Å². The molecule has 0 saturated carbocycles. The maximum Gasteiger partial charge on any atom is 0.324 e. The van der Waals surface area contributed by atoms with Gasteiger partial charge in [-0.3, -0.25) is 9.88 Å². The highest BCUT2D eigenvalue weighted by Crippen LogP contribution is 2.20. The van der Waals surface area contributed by atoms with Gasteiger partial charge in [0, 0.05) is 18.5 Å². The summed E-state index contributed by atoms with van der Waals surface area (Å²) in [6.45, 7) is 1.86. The Kier molecular flexibility index (Phi) is 4.20. The Morgan fingerprint density at radius 1 is 1.17 bits per heavy atom. The number of nitrogens with zero attached hydrogens (tertiary/aromatic N) is 4. The number of benzene rings is 1. The molecular weight excluding hydrogens is 316 g/mol. The minimum atomic E-state index is -0.440. The molecule has 0 unspecified atom stereocenters. The second-order valence-electron chi connectivity index (χ2n) is 4.66. The summed E-state index contributed by atoms with van der Waals surface area (Å²) in [4.78, 5) is 24.4. The average molecular weight is 329 g/mol. The van der Waals surface area contributed by atoms with Crippen LogP contribution >= 0.6 is 11.6 Å². The van der Waals surface area contributed by atoms with E-state index in [1.54, 1.807) is 47.3 Å². The van der Waals surface area contributed by atoms with Crippen LogP contribution in [-0.4, -0.2) is 25.6 Å². The summed E-state index contributed by atoms with van der Waals surface area (Å²) in [5.74, 6) is 1.77. The van der Waals surface area contributed by atoms with Crippen molar-refractivity contribution in [3.63, 3.8) is 0 Å². The Morgan fingerprint density at radius 2 is 2.00 bits per heavy atom. The number of hydrogen-bond acceptors (Lipinski definition) is 4. The molecule has 0 aliphatic heterocycles. The Labute approximate surface area is 137 Å². The topological polar surface area (TPSA) is 84.7 Å². The largest absolute Gasteiger partial charge is 0.324 e. The lowest BCUT2D eigenvalue weighted by atomic mass is 10.3. The maximum absolute atomic E-state index is 12.0. The van der Waals surface area contributed by atoms with E-state index >= 15 is 0 Å². The number of halogens is 1. The number of aryl methyl sites for hydroxylation is 1. The number of para-hydroxylation sites is 1. The predicted octanol–water partition coefficient (Wildman–Crippen LogP) is 3.27. The van der Waals surface area contributed by atoms with Crippen LogP contribution in [0.15, 0.2) is 49.1 Å². The van der Waals surface area contributed by atoms with Crippen molar-refractivity contribution in [1.29, 1.82) is 0 Å². The zero-order valence-electron chi connectivity index (χ0n) is 12.2. The van der Waals surface area contributed by atoms with Crippen LogP contribution in [0.25, 0.3) is 5.82 Å². The van der Waals surface area contributed by atoms with E-state index in [1.165, 1.54) is 6.33 Å². The van der Waals surface area contributed by atoms with Crippen molar-refractivity contribution in [3.8, 4) is 5.82 Å². The Bertz CT molecular complexity index is 847. The molecule has 0 fully saturated rings. The fraction of sp³-hybridized carbons (Fsp3) is 0.0667. The number of rotatable bonds is 3. The number of urea groups is 1. The lowest BCUT2D eigenvalue weighted by Crippen LogP contribution is -2.20. The van der Waals surface area contributed by atoms with Gasteiger partial charge in [0.15, 0.2) is 0 Å². The third kappa shape index (κ3) is 3.46. The molecule has 116 valence electrons. The van der Waals surface area contributed by atoms with Gasteiger partial charge in [0.05, 0.1) is 10.7 Å². The van der Waals surface area contributed by atoms with Gasteiger partial charge in [-0.1, -0.05) is 23.7 Å². The number of amides is 2. The van der Waals surface area contributed by atoms with E-state index in [1.807, 2.05) is 6.92 Å². The van der Waals surface area contributed by atoms with E-state index in [2.05, 4.69) is 25.6 Å². The van der Waals surface area contributed by atoms with Gasteiger partial charge in [-0.25, -0.2) is 19.7 Å². The molecule has 1 aromatic carbocycles. The summed E-state index contributed by atoms with van der Waals surface area (Å²) in [5.41, 5.74) is 0.520. The van der Waals surface area contributed by atoms with Crippen LogP contribution in [0.2, 0.25) is 5.02 Å². The highest BCUT2D eigenvalue weighted by Gasteiger charge is 2.08. The first-order valence-corrected chi connectivity index (χ1v) is 7.16. The van der Waals surface area contributed by atoms with Gasteiger partial charge >= 0.3 is 6.03 Å². The highest BCUT2D eigenvalue weighted by atomic mass is 35.5. The van der Waals surface area contributed by atoms with Gasteiger partial charge in [-0.15, -0.1) is 0 Å². The lowest BCUT2D eigenvalue weighted by molar-refractivity contribution is 0.262. The van der Waals surface area contributed by atoms with Gasteiger partial charge in [0.1, 0.15) is 23.8 Å². The molecule has 3 rings (SSSR count). The van der Waals surface area contributed by atoms with E-state index < -0.39 is 6.03 Å². The Balaban J connectivity index is 1.74. The number of carbonyl (C=O) groups excluding carboxylic acids is 1. The monoisotopic (exact) mass is 328 g/mol. The van der Waals surface area contributed by atoms with Crippen LogP contribution < -0.4 is 10.6 Å². The first-order chi connectivity index (χ1) is 11.1. The van der Waals surface area contributed by atoms with E-state index in [0.29, 0.717) is 22.3 Å². The molecule has 0 spiro atoms. The van der Waals surface area contributed by atoms with Gasteiger partial charge in [0.2, 0.25) is 0 Å². The van der Waals surface area contributed by atoms with Gasteiger partial charge < -0.3 is 5.32 Å². The van der Waals surface area contributed by atoms with Crippen molar-refractivity contribution in [2.75, 3.05) is 10.6 Å². The molecule has 2 amide bonds. The summed E-state index contributed by atoms with van der Waals surface area (Å²) >= 11 is 6.00. The number of nitrogens with one attached hydrogen (secondary N) is 2. The van der Waals surface area contributed by atoms with E-state index in [-0.39, 0.29) is 0 Å². The average Bonchev–Trinajstić information content (AvgIpc) is 2.96. The third-order valence-electron chi connectivity index (χ3n) is 3.09. The lowest BCUT2D eigenvalue weighted by Gasteiger charge is -2.09. The van der Waals surface area contributed by atoms with Gasteiger partial charge in [0.25, 0.3) is 0 Å². The summed E-state index contributed by atoms with van der Waals surface area (Å²) < 4.78 is 1.79. The number of carbonyl (C=O) groups is 1. The molecule has 0 aliphatic rings. The van der Waals surface area contributed by atoms with Gasteiger partial charge in [-0.05, 0) is 19.1 Å². The molecule has 0 aliphatic carbocycles. The van der Waals surface area contributed by atoms with Crippen molar-refractivity contribution in [2.24, 2.45) is 0 Å². The molecule has 8 heteroatoms. The second-order valence-corrected chi connectivity index (χ2v) is 5.07. The molecule has 2 heterocycles. The molecule has 3 aromatic rings. The minimum absolute atomic E-state index is 0.368. The first-order valence-electron chi connectivity index (χ1n) is 6.78.